The number of fused-ring (bicyclic) bond motifs is 3. The maximum Gasteiger partial charge on any atom is 0.289 e. The number of halogens is 1. The lowest BCUT2D eigenvalue weighted by atomic mass is 9.89. The number of nitrogens with zero attached hydrogens (tertiary/aromatic N) is 4. The molecular weight excluding hydrogens is 465 g/mol. The Labute approximate surface area is 167 Å². The molecular formula is C17H18IN5O2S. The van der Waals surface area contributed by atoms with Crippen molar-refractivity contribution in [1.29, 1.82) is 0 Å². The van der Waals surface area contributed by atoms with Crippen LogP contribution in [-0.4, -0.2) is 25.3 Å². The molecule has 4 rings (SSSR count). The third kappa shape index (κ3) is 2.77. The lowest BCUT2D eigenvalue weighted by Gasteiger charge is -2.17. The normalized spacial score (nSPS) is 16.7. The average Bonchev–Trinajstić information content (AvgIpc) is 3.10. The third-order valence-electron chi connectivity index (χ3n) is 4.82. The van der Waals surface area contributed by atoms with Gasteiger partial charge in [0.1, 0.15) is 16.3 Å². The highest BCUT2D eigenvalue weighted by atomic mass is 127. The van der Waals surface area contributed by atoms with E-state index in [9.17, 15) is 9.59 Å². The number of hydrogen-bond acceptors (Lipinski definition) is 5. The highest BCUT2D eigenvalue weighted by molar-refractivity contribution is 14.1. The fraction of sp³-hybridized carbons (Fsp3) is 0.412. The first-order chi connectivity index (χ1) is 12.4. The van der Waals surface area contributed by atoms with Crippen molar-refractivity contribution >= 4 is 50.1 Å². The number of carbonyl (C=O) groups excluding carboxylic acids is 1. The van der Waals surface area contributed by atoms with Crippen LogP contribution in [0.3, 0.4) is 0 Å². The predicted octanol–water partition coefficient (Wildman–Crippen LogP) is 2.61. The van der Waals surface area contributed by atoms with Gasteiger partial charge in [-0.15, -0.1) is 11.3 Å². The molecule has 136 valence electrons. The van der Waals surface area contributed by atoms with Gasteiger partial charge in [-0.2, -0.15) is 5.10 Å². The number of aryl methyl sites for hydroxylation is 3. The molecule has 0 radical (unpaired) electrons. The van der Waals surface area contributed by atoms with Crippen molar-refractivity contribution in [3.63, 3.8) is 0 Å². The summed E-state index contributed by atoms with van der Waals surface area (Å²) in [5.74, 6) is 0.726. The zero-order chi connectivity index (χ0) is 18.6. The lowest BCUT2D eigenvalue weighted by molar-refractivity contribution is 0.0996. The van der Waals surface area contributed by atoms with Gasteiger partial charge in [-0.1, -0.05) is 6.92 Å². The Bertz CT molecular complexity index is 1080. The molecule has 1 N–H and O–H groups in total. The number of rotatable bonds is 2. The molecule has 0 unspecified atom stereocenters. The quantitative estimate of drug-likeness (QED) is 0.569. The molecule has 0 saturated heterocycles. The highest BCUT2D eigenvalue weighted by Crippen LogP contribution is 2.35. The summed E-state index contributed by atoms with van der Waals surface area (Å²) in [5.41, 5.74) is 4.02. The van der Waals surface area contributed by atoms with E-state index in [0.29, 0.717) is 22.8 Å². The smallest absolute Gasteiger partial charge is 0.267 e. The zero-order valence-electron chi connectivity index (χ0n) is 14.7. The highest BCUT2D eigenvalue weighted by Gasteiger charge is 2.25. The fourth-order valence-electron chi connectivity index (χ4n) is 3.44. The van der Waals surface area contributed by atoms with Crippen LogP contribution in [0.2, 0.25) is 0 Å². The Morgan fingerprint density at radius 2 is 2.23 bits per heavy atom. The second-order valence-corrected chi connectivity index (χ2v) is 8.98. The van der Waals surface area contributed by atoms with Crippen molar-refractivity contribution in [2.24, 2.45) is 13.0 Å². The van der Waals surface area contributed by atoms with Crippen molar-refractivity contribution in [3.8, 4) is 0 Å². The zero-order valence-corrected chi connectivity index (χ0v) is 17.6. The van der Waals surface area contributed by atoms with E-state index in [2.05, 4.69) is 45.0 Å². The minimum atomic E-state index is -0.376. The van der Waals surface area contributed by atoms with Gasteiger partial charge in [0.15, 0.2) is 0 Å². The van der Waals surface area contributed by atoms with Gasteiger partial charge in [0.05, 0.1) is 15.2 Å². The first-order valence-corrected chi connectivity index (χ1v) is 10.3. The van der Waals surface area contributed by atoms with E-state index >= 15 is 0 Å². The van der Waals surface area contributed by atoms with E-state index < -0.39 is 0 Å². The second-order valence-electron chi connectivity index (χ2n) is 6.74. The molecule has 1 aliphatic rings. The van der Waals surface area contributed by atoms with Gasteiger partial charge < -0.3 is 0 Å². The summed E-state index contributed by atoms with van der Waals surface area (Å²) < 4.78 is 3.49. The van der Waals surface area contributed by atoms with E-state index in [-0.39, 0.29) is 11.5 Å². The monoisotopic (exact) mass is 483 g/mol. The lowest BCUT2D eigenvalue weighted by Crippen LogP contribution is -2.36. The molecule has 1 aliphatic carbocycles. The molecule has 3 aromatic rings. The summed E-state index contributed by atoms with van der Waals surface area (Å²) in [4.78, 5) is 32.4. The van der Waals surface area contributed by atoms with E-state index in [0.717, 1.165) is 33.2 Å². The predicted molar refractivity (Wildman–Crippen MR) is 109 cm³/mol. The van der Waals surface area contributed by atoms with Gasteiger partial charge in [-0.25, -0.2) is 9.66 Å². The Balaban J connectivity index is 1.81. The van der Waals surface area contributed by atoms with E-state index in [1.54, 1.807) is 31.5 Å². The molecule has 7 nitrogen and oxygen atoms in total. The van der Waals surface area contributed by atoms with Crippen LogP contribution in [0.1, 0.15) is 40.1 Å². The number of carbonyl (C=O) groups is 1. The first-order valence-electron chi connectivity index (χ1n) is 8.39. The van der Waals surface area contributed by atoms with Crippen LogP contribution in [0.15, 0.2) is 11.0 Å². The summed E-state index contributed by atoms with van der Waals surface area (Å²) in [6.07, 6.45) is 4.58. The van der Waals surface area contributed by atoms with Crippen LogP contribution >= 0.6 is 33.9 Å². The van der Waals surface area contributed by atoms with Crippen LogP contribution in [0.25, 0.3) is 10.2 Å². The van der Waals surface area contributed by atoms with Gasteiger partial charge in [0.2, 0.25) is 0 Å². The van der Waals surface area contributed by atoms with E-state index in [1.807, 2.05) is 0 Å². The summed E-state index contributed by atoms with van der Waals surface area (Å²) in [7, 11) is 1.70. The molecule has 3 aromatic heterocycles. The Kier molecular flexibility index (Phi) is 4.38. The Morgan fingerprint density at radius 3 is 2.92 bits per heavy atom. The molecule has 0 aliphatic heterocycles. The van der Waals surface area contributed by atoms with Crippen LogP contribution < -0.4 is 11.0 Å². The minimum Gasteiger partial charge on any atom is -0.267 e. The number of thiophene rings is 1. The van der Waals surface area contributed by atoms with Crippen molar-refractivity contribution in [2.45, 2.75) is 33.1 Å². The first kappa shape index (κ1) is 17.7. The fourth-order valence-corrected chi connectivity index (χ4v) is 5.58. The average molecular weight is 483 g/mol. The van der Waals surface area contributed by atoms with Gasteiger partial charge in [-0.05, 0) is 60.3 Å². The van der Waals surface area contributed by atoms with Crippen molar-refractivity contribution in [2.75, 3.05) is 5.43 Å². The molecule has 0 spiro atoms. The molecule has 3 heterocycles. The minimum absolute atomic E-state index is 0.204. The van der Waals surface area contributed by atoms with Crippen molar-refractivity contribution < 1.29 is 4.79 Å². The molecule has 9 heteroatoms. The summed E-state index contributed by atoms with van der Waals surface area (Å²) >= 11 is 3.66. The summed E-state index contributed by atoms with van der Waals surface area (Å²) in [6, 6.07) is 0. The molecule has 1 atom stereocenters. The van der Waals surface area contributed by atoms with Crippen LogP contribution in [0.4, 0.5) is 0 Å². The van der Waals surface area contributed by atoms with Crippen LogP contribution in [0, 0.1) is 16.4 Å². The van der Waals surface area contributed by atoms with Gasteiger partial charge in [0.25, 0.3) is 11.5 Å². The van der Waals surface area contributed by atoms with Crippen molar-refractivity contribution in [1.82, 2.24) is 19.4 Å². The molecule has 1 amide bonds. The molecule has 26 heavy (non-hydrogen) atoms. The number of aromatic nitrogens is 4. The van der Waals surface area contributed by atoms with Crippen LogP contribution in [-0.2, 0) is 19.9 Å². The van der Waals surface area contributed by atoms with Crippen LogP contribution in [0.5, 0.6) is 0 Å². The molecule has 0 aromatic carbocycles. The largest absolute Gasteiger partial charge is 0.289 e. The summed E-state index contributed by atoms with van der Waals surface area (Å²) in [6.45, 7) is 3.97. The third-order valence-corrected chi connectivity index (χ3v) is 6.76. The second kappa shape index (κ2) is 6.45. The van der Waals surface area contributed by atoms with Gasteiger partial charge in [-0.3, -0.25) is 19.7 Å². The summed E-state index contributed by atoms with van der Waals surface area (Å²) in [5, 5.41) is 4.73. The van der Waals surface area contributed by atoms with E-state index in [4.69, 9.17) is 0 Å². The Hall–Kier alpha value is -1.75. The Morgan fingerprint density at radius 1 is 1.46 bits per heavy atom. The molecule has 0 saturated carbocycles. The maximum atomic E-state index is 13.1. The van der Waals surface area contributed by atoms with E-state index in [1.165, 1.54) is 14.2 Å². The number of nitrogens with one attached hydrogen (secondary N) is 1. The SMILES string of the molecule is Cc1nc2sc3c(c2c(=O)n1NC(=O)c1c(I)cnn1C)CC[C@@H](C)C3. The standard InChI is InChI=1S/C17H18IN5O2S/c1-8-4-5-10-12(6-8)26-16-13(10)17(25)23(9(2)20-16)21-15(24)14-11(18)7-19-22(14)3/h7-8H,4-6H2,1-3H3,(H,21,24)/t8-/m1/s1. The number of hydrogen-bond donors (Lipinski definition) is 1. The molecule has 0 bridgehead atoms. The van der Waals surface area contributed by atoms with Crippen molar-refractivity contribution in [3.05, 3.63) is 42.1 Å². The topological polar surface area (TPSA) is 81.8 Å². The van der Waals surface area contributed by atoms with Gasteiger partial charge >= 0.3 is 0 Å². The van der Waals surface area contributed by atoms with Gasteiger partial charge in [0, 0.05) is 11.9 Å². The maximum absolute atomic E-state index is 13.1. The number of amides is 1. The molecule has 0 fully saturated rings.